The zero-order chi connectivity index (χ0) is 13.3. The minimum Gasteiger partial charge on any atom is -0.481 e. The standard InChI is InChI=1S/C15H25NO3/c17-14(18)9-12-4-8-16(10-12)11-13-3-7-15(19-13)5-1-2-6-15/h12-13H,1-11H2,(H,17,18). The summed E-state index contributed by atoms with van der Waals surface area (Å²) < 4.78 is 6.33. The van der Waals surface area contributed by atoms with Gasteiger partial charge in [-0.2, -0.15) is 0 Å². The van der Waals surface area contributed by atoms with E-state index >= 15 is 0 Å². The summed E-state index contributed by atoms with van der Waals surface area (Å²) in [6, 6.07) is 0. The van der Waals surface area contributed by atoms with Crippen LogP contribution in [0.4, 0.5) is 0 Å². The van der Waals surface area contributed by atoms with Gasteiger partial charge in [-0.25, -0.2) is 0 Å². The molecule has 2 unspecified atom stereocenters. The van der Waals surface area contributed by atoms with Crippen molar-refractivity contribution in [3.8, 4) is 0 Å². The maximum Gasteiger partial charge on any atom is 0.303 e. The number of carbonyl (C=O) groups is 1. The third kappa shape index (κ3) is 3.11. The summed E-state index contributed by atoms with van der Waals surface area (Å²) in [6.45, 7) is 3.00. The summed E-state index contributed by atoms with van der Waals surface area (Å²) in [4.78, 5) is 13.1. The molecule has 2 atom stereocenters. The lowest BCUT2D eigenvalue weighted by Crippen LogP contribution is -2.33. The van der Waals surface area contributed by atoms with Crippen LogP contribution in [0.15, 0.2) is 0 Å². The molecule has 1 aliphatic carbocycles. The summed E-state index contributed by atoms with van der Waals surface area (Å²) in [5.41, 5.74) is 0.227. The molecule has 3 aliphatic rings. The fraction of sp³-hybridized carbons (Fsp3) is 0.933. The van der Waals surface area contributed by atoms with Gasteiger partial charge in [0.15, 0.2) is 0 Å². The van der Waals surface area contributed by atoms with Gasteiger partial charge in [-0.15, -0.1) is 0 Å². The van der Waals surface area contributed by atoms with Gasteiger partial charge >= 0.3 is 5.97 Å². The molecular weight excluding hydrogens is 242 g/mol. The second kappa shape index (κ2) is 5.41. The van der Waals surface area contributed by atoms with Crippen LogP contribution in [0.1, 0.15) is 51.4 Å². The van der Waals surface area contributed by atoms with Crippen LogP contribution in [-0.2, 0) is 9.53 Å². The first-order valence-corrected chi connectivity index (χ1v) is 7.77. The molecule has 0 amide bonds. The summed E-state index contributed by atoms with van der Waals surface area (Å²) >= 11 is 0. The Labute approximate surface area is 115 Å². The van der Waals surface area contributed by atoms with Crippen molar-refractivity contribution < 1.29 is 14.6 Å². The monoisotopic (exact) mass is 267 g/mol. The van der Waals surface area contributed by atoms with Crippen LogP contribution >= 0.6 is 0 Å². The molecular formula is C15H25NO3. The van der Waals surface area contributed by atoms with E-state index in [4.69, 9.17) is 9.84 Å². The molecule has 0 aromatic heterocycles. The van der Waals surface area contributed by atoms with Crippen molar-refractivity contribution in [3.05, 3.63) is 0 Å². The molecule has 108 valence electrons. The number of likely N-dealkylation sites (tertiary alicyclic amines) is 1. The number of hydrogen-bond acceptors (Lipinski definition) is 3. The highest BCUT2D eigenvalue weighted by Crippen LogP contribution is 2.43. The van der Waals surface area contributed by atoms with Crippen molar-refractivity contribution in [1.29, 1.82) is 0 Å². The zero-order valence-corrected chi connectivity index (χ0v) is 11.6. The molecule has 1 saturated carbocycles. The highest BCUT2D eigenvalue weighted by atomic mass is 16.5. The predicted molar refractivity (Wildman–Crippen MR) is 72.1 cm³/mol. The number of aliphatic carboxylic acids is 1. The van der Waals surface area contributed by atoms with Crippen LogP contribution in [-0.4, -0.2) is 47.3 Å². The third-order valence-electron chi connectivity index (χ3n) is 5.15. The Kier molecular flexibility index (Phi) is 3.81. The zero-order valence-electron chi connectivity index (χ0n) is 11.6. The van der Waals surface area contributed by atoms with Crippen LogP contribution < -0.4 is 0 Å². The van der Waals surface area contributed by atoms with E-state index in [0.29, 0.717) is 18.4 Å². The van der Waals surface area contributed by atoms with Gasteiger partial charge < -0.3 is 14.7 Å². The molecule has 0 radical (unpaired) electrons. The lowest BCUT2D eigenvalue weighted by Gasteiger charge is -2.26. The molecule has 4 nitrogen and oxygen atoms in total. The minimum absolute atomic E-state index is 0.227. The fourth-order valence-corrected chi connectivity index (χ4v) is 4.19. The molecule has 1 N–H and O–H groups in total. The van der Waals surface area contributed by atoms with E-state index < -0.39 is 5.97 Å². The van der Waals surface area contributed by atoms with Crippen molar-refractivity contribution in [2.24, 2.45) is 5.92 Å². The first-order chi connectivity index (χ1) is 9.15. The van der Waals surface area contributed by atoms with E-state index in [1.165, 1.54) is 38.5 Å². The van der Waals surface area contributed by atoms with E-state index in [1.54, 1.807) is 0 Å². The molecule has 19 heavy (non-hydrogen) atoms. The highest BCUT2D eigenvalue weighted by Gasteiger charge is 2.42. The first kappa shape index (κ1) is 13.4. The molecule has 1 spiro atoms. The van der Waals surface area contributed by atoms with Crippen LogP contribution in [0.5, 0.6) is 0 Å². The molecule has 0 aromatic carbocycles. The van der Waals surface area contributed by atoms with E-state index in [-0.39, 0.29) is 5.60 Å². The number of rotatable bonds is 4. The average Bonchev–Trinajstić information content (AvgIpc) is 3.04. The fourth-order valence-electron chi connectivity index (χ4n) is 4.19. The number of carboxylic acid groups (broad SMARTS) is 1. The van der Waals surface area contributed by atoms with Gasteiger partial charge in [-0.05, 0) is 44.6 Å². The van der Waals surface area contributed by atoms with E-state index in [9.17, 15) is 4.79 Å². The smallest absolute Gasteiger partial charge is 0.303 e. The van der Waals surface area contributed by atoms with Crippen molar-refractivity contribution >= 4 is 5.97 Å². The molecule has 0 bridgehead atoms. The van der Waals surface area contributed by atoms with Gasteiger partial charge in [0.05, 0.1) is 11.7 Å². The van der Waals surface area contributed by atoms with Gasteiger partial charge in [-0.1, -0.05) is 12.8 Å². The third-order valence-corrected chi connectivity index (χ3v) is 5.15. The first-order valence-electron chi connectivity index (χ1n) is 7.77. The van der Waals surface area contributed by atoms with Gasteiger partial charge in [0.1, 0.15) is 0 Å². The Balaban J connectivity index is 1.44. The van der Waals surface area contributed by atoms with Crippen molar-refractivity contribution in [2.75, 3.05) is 19.6 Å². The molecule has 2 heterocycles. The second-order valence-corrected chi connectivity index (χ2v) is 6.68. The topological polar surface area (TPSA) is 49.8 Å². The molecule has 2 aliphatic heterocycles. The number of ether oxygens (including phenoxy) is 1. The number of carboxylic acids is 1. The summed E-state index contributed by atoms with van der Waals surface area (Å²) in [6.07, 6.45) is 9.35. The molecule has 2 saturated heterocycles. The van der Waals surface area contributed by atoms with Crippen molar-refractivity contribution in [1.82, 2.24) is 4.90 Å². The maximum absolute atomic E-state index is 10.7. The molecule has 3 rings (SSSR count). The lowest BCUT2D eigenvalue weighted by atomic mass is 9.98. The largest absolute Gasteiger partial charge is 0.481 e. The minimum atomic E-state index is -0.658. The summed E-state index contributed by atoms with van der Waals surface area (Å²) in [5.74, 6) is -0.312. The van der Waals surface area contributed by atoms with Gasteiger partial charge in [0.25, 0.3) is 0 Å². The normalized spacial score (nSPS) is 34.3. The Hall–Kier alpha value is -0.610. The SMILES string of the molecule is O=C(O)CC1CCN(CC2CCC3(CCCC3)O2)C1. The van der Waals surface area contributed by atoms with Crippen LogP contribution in [0, 0.1) is 5.92 Å². The van der Waals surface area contributed by atoms with E-state index in [1.807, 2.05) is 0 Å². The number of nitrogens with zero attached hydrogens (tertiary/aromatic N) is 1. The lowest BCUT2D eigenvalue weighted by molar-refractivity contribution is -0.138. The van der Waals surface area contributed by atoms with E-state index in [2.05, 4.69) is 4.90 Å². The Morgan fingerprint density at radius 2 is 2.05 bits per heavy atom. The Bertz CT molecular complexity index is 338. The quantitative estimate of drug-likeness (QED) is 0.849. The van der Waals surface area contributed by atoms with Crippen molar-refractivity contribution in [2.45, 2.75) is 63.1 Å². The Morgan fingerprint density at radius 1 is 1.26 bits per heavy atom. The molecule has 0 aromatic rings. The van der Waals surface area contributed by atoms with Gasteiger partial charge in [0.2, 0.25) is 0 Å². The highest BCUT2D eigenvalue weighted by molar-refractivity contribution is 5.67. The molecule has 3 fully saturated rings. The van der Waals surface area contributed by atoms with Crippen LogP contribution in [0.25, 0.3) is 0 Å². The summed E-state index contributed by atoms with van der Waals surface area (Å²) in [5, 5.41) is 8.84. The second-order valence-electron chi connectivity index (χ2n) is 6.68. The van der Waals surface area contributed by atoms with Gasteiger partial charge in [-0.3, -0.25) is 4.79 Å². The van der Waals surface area contributed by atoms with Crippen LogP contribution in [0.3, 0.4) is 0 Å². The Morgan fingerprint density at radius 3 is 2.79 bits per heavy atom. The average molecular weight is 267 g/mol. The van der Waals surface area contributed by atoms with Crippen LogP contribution in [0.2, 0.25) is 0 Å². The van der Waals surface area contributed by atoms with E-state index in [0.717, 1.165) is 26.1 Å². The number of hydrogen-bond donors (Lipinski definition) is 1. The van der Waals surface area contributed by atoms with Crippen molar-refractivity contribution in [3.63, 3.8) is 0 Å². The summed E-state index contributed by atoms with van der Waals surface area (Å²) in [7, 11) is 0. The molecule has 4 heteroatoms. The van der Waals surface area contributed by atoms with Gasteiger partial charge in [0, 0.05) is 19.5 Å². The predicted octanol–water partition coefficient (Wildman–Crippen LogP) is 2.27. The maximum atomic E-state index is 10.7.